The van der Waals surface area contributed by atoms with Crippen LogP contribution in [0.1, 0.15) is 34.7 Å². The molecule has 1 atom stereocenters. The number of hydrogen-bond acceptors (Lipinski definition) is 2. The van der Waals surface area contributed by atoms with Crippen LogP contribution >= 0.6 is 11.3 Å². The van der Waals surface area contributed by atoms with Crippen LogP contribution < -0.4 is 5.32 Å². The fraction of sp³-hybridized carbons (Fsp3) is 0.375. The number of halogens is 2. The first-order chi connectivity index (χ1) is 9.61. The summed E-state index contributed by atoms with van der Waals surface area (Å²) in [7, 11) is 0. The molecule has 0 saturated heterocycles. The van der Waals surface area contributed by atoms with Crippen molar-refractivity contribution in [2.24, 2.45) is 0 Å². The first kappa shape index (κ1) is 15.1. The minimum Gasteiger partial charge on any atom is -0.309 e. The summed E-state index contributed by atoms with van der Waals surface area (Å²) in [6.45, 7) is 4.94. The van der Waals surface area contributed by atoms with Gasteiger partial charge < -0.3 is 5.32 Å². The van der Waals surface area contributed by atoms with E-state index in [9.17, 15) is 8.78 Å². The second kappa shape index (κ2) is 6.95. The molecule has 4 heteroatoms. The Hall–Kier alpha value is -1.26. The molecule has 1 heterocycles. The van der Waals surface area contributed by atoms with Crippen molar-refractivity contribution >= 4 is 11.3 Å². The van der Waals surface area contributed by atoms with Crippen molar-refractivity contribution in [3.8, 4) is 0 Å². The van der Waals surface area contributed by atoms with Crippen molar-refractivity contribution in [2.75, 3.05) is 6.54 Å². The SMILES string of the molecule is CCCNC(Cc1c(F)cccc1F)c1ccc(C)s1. The minimum absolute atomic E-state index is 0.0416. The lowest BCUT2D eigenvalue weighted by molar-refractivity contribution is 0.494. The van der Waals surface area contributed by atoms with Gasteiger partial charge in [0, 0.05) is 21.4 Å². The second-order valence-corrected chi connectivity index (χ2v) is 6.18. The lowest BCUT2D eigenvalue weighted by atomic mass is 10.0. The monoisotopic (exact) mass is 295 g/mol. The Morgan fingerprint density at radius 3 is 2.40 bits per heavy atom. The molecule has 1 aromatic carbocycles. The van der Waals surface area contributed by atoms with E-state index in [0.717, 1.165) is 17.8 Å². The van der Waals surface area contributed by atoms with Crippen LogP contribution in [-0.2, 0) is 6.42 Å². The largest absolute Gasteiger partial charge is 0.309 e. The normalized spacial score (nSPS) is 12.6. The predicted molar refractivity (Wildman–Crippen MR) is 80.2 cm³/mol. The summed E-state index contributed by atoms with van der Waals surface area (Å²) in [5.41, 5.74) is 0.159. The van der Waals surface area contributed by atoms with E-state index in [0.29, 0.717) is 6.42 Å². The molecule has 0 aliphatic rings. The maximum atomic E-state index is 13.8. The van der Waals surface area contributed by atoms with E-state index in [-0.39, 0.29) is 11.6 Å². The molecule has 1 nitrogen and oxygen atoms in total. The maximum absolute atomic E-state index is 13.8. The van der Waals surface area contributed by atoms with Gasteiger partial charge in [0.05, 0.1) is 0 Å². The molecule has 0 bridgehead atoms. The molecule has 0 amide bonds. The Bertz CT molecular complexity index is 545. The summed E-state index contributed by atoms with van der Waals surface area (Å²) in [4.78, 5) is 2.33. The molecule has 0 fully saturated rings. The third-order valence-corrected chi connectivity index (χ3v) is 4.33. The zero-order valence-electron chi connectivity index (χ0n) is 11.7. The highest BCUT2D eigenvalue weighted by molar-refractivity contribution is 7.12. The van der Waals surface area contributed by atoms with Crippen molar-refractivity contribution in [3.05, 3.63) is 57.3 Å². The van der Waals surface area contributed by atoms with Crippen LogP contribution in [0.5, 0.6) is 0 Å². The minimum atomic E-state index is -0.471. The summed E-state index contributed by atoms with van der Waals surface area (Å²) in [6.07, 6.45) is 1.32. The Labute approximate surface area is 122 Å². The third-order valence-electron chi connectivity index (χ3n) is 3.22. The number of nitrogens with one attached hydrogen (secondary N) is 1. The zero-order valence-corrected chi connectivity index (χ0v) is 12.6. The van der Waals surface area contributed by atoms with Gasteiger partial charge in [-0.05, 0) is 50.6 Å². The third kappa shape index (κ3) is 3.64. The van der Waals surface area contributed by atoms with E-state index in [1.807, 2.05) is 19.1 Å². The molecular weight excluding hydrogens is 276 g/mol. The van der Waals surface area contributed by atoms with Gasteiger partial charge in [-0.15, -0.1) is 11.3 Å². The molecule has 2 aromatic rings. The molecule has 108 valence electrons. The van der Waals surface area contributed by atoms with Crippen LogP contribution in [0, 0.1) is 18.6 Å². The summed E-state index contributed by atoms with van der Waals surface area (Å²) in [6, 6.07) is 8.06. The van der Waals surface area contributed by atoms with Gasteiger partial charge in [0.15, 0.2) is 0 Å². The van der Waals surface area contributed by atoms with Crippen LogP contribution in [0.4, 0.5) is 8.78 Å². The fourth-order valence-electron chi connectivity index (χ4n) is 2.16. The average molecular weight is 295 g/mol. The summed E-state index contributed by atoms with van der Waals surface area (Å²) in [5.74, 6) is -0.942. The van der Waals surface area contributed by atoms with Crippen molar-refractivity contribution < 1.29 is 8.78 Å². The quantitative estimate of drug-likeness (QED) is 0.820. The summed E-state index contributed by atoms with van der Waals surface area (Å²) in [5, 5.41) is 3.38. The number of benzene rings is 1. The molecule has 1 aromatic heterocycles. The van der Waals surface area contributed by atoms with E-state index in [2.05, 4.69) is 12.2 Å². The zero-order chi connectivity index (χ0) is 14.5. The van der Waals surface area contributed by atoms with Crippen LogP contribution in [-0.4, -0.2) is 6.54 Å². The van der Waals surface area contributed by atoms with Crippen LogP contribution in [0.25, 0.3) is 0 Å². The Balaban J connectivity index is 2.23. The lowest BCUT2D eigenvalue weighted by Crippen LogP contribution is -2.24. The van der Waals surface area contributed by atoms with Crippen LogP contribution in [0.15, 0.2) is 30.3 Å². The van der Waals surface area contributed by atoms with Crippen molar-refractivity contribution in [1.82, 2.24) is 5.32 Å². The molecule has 20 heavy (non-hydrogen) atoms. The average Bonchev–Trinajstić information content (AvgIpc) is 2.84. The highest BCUT2D eigenvalue weighted by atomic mass is 32.1. The number of hydrogen-bond donors (Lipinski definition) is 1. The first-order valence-electron chi connectivity index (χ1n) is 6.84. The van der Waals surface area contributed by atoms with Gasteiger partial charge in [-0.1, -0.05) is 13.0 Å². The molecule has 0 aliphatic carbocycles. The Kier molecular flexibility index (Phi) is 5.26. The number of aryl methyl sites for hydroxylation is 1. The topological polar surface area (TPSA) is 12.0 Å². The van der Waals surface area contributed by atoms with Gasteiger partial charge in [-0.25, -0.2) is 8.78 Å². The van der Waals surface area contributed by atoms with Crippen LogP contribution in [0.2, 0.25) is 0 Å². The number of rotatable bonds is 6. The highest BCUT2D eigenvalue weighted by Crippen LogP contribution is 2.27. The van der Waals surface area contributed by atoms with Gasteiger partial charge in [-0.2, -0.15) is 0 Å². The second-order valence-electron chi connectivity index (χ2n) is 4.86. The van der Waals surface area contributed by atoms with Crippen molar-refractivity contribution in [3.63, 3.8) is 0 Å². The van der Waals surface area contributed by atoms with Gasteiger partial charge in [0.1, 0.15) is 11.6 Å². The number of thiophene rings is 1. The summed E-state index contributed by atoms with van der Waals surface area (Å²) >= 11 is 1.67. The van der Waals surface area contributed by atoms with Crippen molar-refractivity contribution in [2.45, 2.75) is 32.7 Å². The van der Waals surface area contributed by atoms with E-state index in [4.69, 9.17) is 0 Å². The van der Waals surface area contributed by atoms with Crippen LogP contribution in [0.3, 0.4) is 0 Å². The molecule has 0 aliphatic heterocycles. The van der Waals surface area contributed by atoms with E-state index in [1.54, 1.807) is 11.3 Å². The Morgan fingerprint density at radius 2 is 1.85 bits per heavy atom. The predicted octanol–water partition coefficient (Wildman–Crippen LogP) is 4.62. The molecule has 0 radical (unpaired) electrons. The van der Waals surface area contributed by atoms with Gasteiger partial charge in [0.25, 0.3) is 0 Å². The van der Waals surface area contributed by atoms with E-state index < -0.39 is 11.6 Å². The standard InChI is InChI=1S/C16H19F2NS/c1-3-9-19-15(16-8-7-11(2)20-16)10-12-13(17)5-4-6-14(12)18/h4-8,15,19H,3,9-10H2,1-2H3. The molecule has 1 N–H and O–H groups in total. The molecule has 0 spiro atoms. The molecular formula is C16H19F2NS. The fourth-order valence-corrected chi connectivity index (χ4v) is 3.12. The van der Waals surface area contributed by atoms with Gasteiger partial charge in [-0.3, -0.25) is 0 Å². The van der Waals surface area contributed by atoms with E-state index in [1.165, 1.54) is 23.1 Å². The summed E-state index contributed by atoms with van der Waals surface area (Å²) < 4.78 is 27.6. The lowest BCUT2D eigenvalue weighted by Gasteiger charge is -2.18. The highest BCUT2D eigenvalue weighted by Gasteiger charge is 2.18. The van der Waals surface area contributed by atoms with Crippen molar-refractivity contribution in [1.29, 1.82) is 0 Å². The molecule has 1 unspecified atom stereocenters. The Morgan fingerprint density at radius 1 is 1.15 bits per heavy atom. The maximum Gasteiger partial charge on any atom is 0.129 e. The molecule has 2 rings (SSSR count). The molecule has 0 saturated carbocycles. The first-order valence-corrected chi connectivity index (χ1v) is 7.66. The van der Waals surface area contributed by atoms with E-state index >= 15 is 0 Å². The van der Waals surface area contributed by atoms with Gasteiger partial charge >= 0.3 is 0 Å². The smallest absolute Gasteiger partial charge is 0.129 e. The van der Waals surface area contributed by atoms with Gasteiger partial charge in [0.2, 0.25) is 0 Å².